The van der Waals surface area contributed by atoms with E-state index in [1.807, 2.05) is 6.92 Å². The summed E-state index contributed by atoms with van der Waals surface area (Å²) in [4.78, 5) is 12.2. The number of carbonyl (C=O) groups is 1. The first-order valence-electron chi connectivity index (χ1n) is 5.74. The lowest BCUT2D eigenvalue weighted by molar-refractivity contribution is 0.102. The van der Waals surface area contributed by atoms with Gasteiger partial charge in [-0.15, -0.1) is 0 Å². The molecule has 1 amide bonds. The van der Waals surface area contributed by atoms with Crippen molar-refractivity contribution in [3.8, 4) is 5.75 Å². The minimum atomic E-state index is -0.395. The van der Waals surface area contributed by atoms with Crippen molar-refractivity contribution in [3.05, 3.63) is 50.4 Å². The lowest BCUT2D eigenvalue weighted by atomic mass is 10.1. The number of aromatic hydroxyl groups is 1. The molecule has 0 unspecified atom stereocenters. The molecule has 0 aliphatic rings. The van der Waals surface area contributed by atoms with Crippen LogP contribution in [0.3, 0.4) is 0 Å². The van der Waals surface area contributed by atoms with E-state index in [4.69, 9.17) is 5.73 Å². The van der Waals surface area contributed by atoms with Gasteiger partial charge in [-0.25, -0.2) is 0 Å². The molecular formula is C14H12Br2N2O2. The van der Waals surface area contributed by atoms with Crippen molar-refractivity contribution in [2.24, 2.45) is 0 Å². The van der Waals surface area contributed by atoms with Crippen LogP contribution in [0, 0.1) is 6.92 Å². The minimum absolute atomic E-state index is 0.0508. The fourth-order valence-corrected chi connectivity index (χ4v) is 3.15. The summed E-state index contributed by atoms with van der Waals surface area (Å²) in [7, 11) is 0. The van der Waals surface area contributed by atoms with Crippen molar-refractivity contribution in [2.45, 2.75) is 6.92 Å². The summed E-state index contributed by atoms with van der Waals surface area (Å²) >= 11 is 6.68. The molecule has 0 aliphatic carbocycles. The highest BCUT2D eigenvalue weighted by atomic mass is 79.9. The molecule has 0 aliphatic heterocycles. The van der Waals surface area contributed by atoms with Crippen LogP contribution in [0.2, 0.25) is 0 Å². The fraction of sp³-hybridized carbons (Fsp3) is 0.0714. The number of phenols is 1. The number of nitrogens with one attached hydrogen (secondary N) is 1. The monoisotopic (exact) mass is 398 g/mol. The normalized spacial score (nSPS) is 10.3. The van der Waals surface area contributed by atoms with Crippen LogP contribution in [0.1, 0.15) is 15.9 Å². The molecule has 2 aromatic rings. The average molecular weight is 400 g/mol. The van der Waals surface area contributed by atoms with E-state index < -0.39 is 5.91 Å². The molecule has 6 heteroatoms. The van der Waals surface area contributed by atoms with Crippen LogP contribution < -0.4 is 11.1 Å². The Bertz CT molecular complexity index is 664. The van der Waals surface area contributed by atoms with Crippen molar-refractivity contribution >= 4 is 49.1 Å². The summed E-state index contributed by atoms with van der Waals surface area (Å²) in [6.45, 7) is 1.84. The number of benzene rings is 2. The van der Waals surface area contributed by atoms with Gasteiger partial charge in [0.1, 0.15) is 5.75 Å². The van der Waals surface area contributed by atoms with Gasteiger partial charge in [-0.1, -0.05) is 6.07 Å². The Morgan fingerprint density at radius 1 is 1.20 bits per heavy atom. The molecule has 0 spiro atoms. The van der Waals surface area contributed by atoms with Crippen molar-refractivity contribution in [1.82, 2.24) is 0 Å². The zero-order valence-electron chi connectivity index (χ0n) is 10.6. The Morgan fingerprint density at radius 2 is 1.80 bits per heavy atom. The predicted octanol–water partition coefficient (Wildman–Crippen LogP) is 4.06. The molecule has 0 saturated heterocycles. The minimum Gasteiger partial charge on any atom is -0.507 e. The van der Waals surface area contributed by atoms with E-state index in [1.165, 1.54) is 0 Å². The number of amides is 1. The molecule has 0 saturated carbocycles. The fourth-order valence-electron chi connectivity index (χ4n) is 1.73. The number of hydrogen-bond acceptors (Lipinski definition) is 3. The van der Waals surface area contributed by atoms with Gasteiger partial charge in [-0.05, 0) is 68.6 Å². The molecule has 0 heterocycles. The number of nitrogen functional groups attached to an aromatic ring is 1. The zero-order chi connectivity index (χ0) is 14.9. The summed E-state index contributed by atoms with van der Waals surface area (Å²) < 4.78 is 1.31. The molecule has 0 bridgehead atoms. The van der Waals surface area contributed by atoms with Crippen molar-refractivity contribution in [3.63, 3.8) is 0 Å². The van der Waals surface area contributed by atoms with Gasteiger partial charge in [-0.3, -0.25) is 4.79 Å². The summed E-state index contributed by atoms with van der Waals surface area (Å²) in [5, 5.41) is 12.6. The number of nitrogens with two attached hydrogens (primary N) is 1. The first kappa shape index (κ1) is 14.9. The first-order valence-corrected chi connectivity index (χ1v) is 7.32. The molecule has 20 heavy (non-hydrogen) atoms. The van der Waals surface area contributed by atoms with E-state index in [2.05, 4.69) is 37.2 Å². The van der Waals surface area contributed by atoms with E-state index in [-0.39, 0.29) is 11.3 Å². The quantitative estimate of drug-likeness (QED) is 0.666. The van der Waals surface area contributed by atoms with E-state index >= 15 is 0 Å². The number of rotatable bonds is 2. The number of anilines is 2. The number of aryl methyl sites for hydroxylation is 1. The lowest BCUT2D eigenvalue weighted by Gasteiger charge is -2.11. The van der Waals surface area contributed by atoms with E-state index in [0.717, 1.165) is 5.56 Å². The molecule has 104 valence electrons. The third-order valence-electron chi connectivity index (χ3n) is 2.70. The van der Waals surface area contributed by atoms with Crippen molar-refractivity contribution < 1.29 is 9.90 Å². The van der Waals surface area contributed by atoms with Gasteiger partial charge in [0.15, 0.2) is 0 Å². The maximum Gasteiger partial charge on any atom is 0.259 e. The number of hydrogen-bond donors (Lipinski definition) is 3. The number of carbonyl (C=O) groups excluding carboxylic acids is 1. The topological polar surface area (TPSA) is 75.4 Å². The van der Waals surface area contributed by atoms with Crippen LogP contribution in [-0.2, 0) is 0 Å². The molecule has 0 atom stereocenters. The highest BCUT2D eigenvalue weighted by Crippen LogP contribution is 2.34. The largest absolute Gasteiger partial charge is 0.507 e. The maximum atomic E-state index is 12.2. The van der Waals surface area contributed by atoms with Crippen LogP contribution in [0.5, 0.6) is 5.75 Å². The Hall–Kier alpha value is -1.53. The standard InChI is InChI=1S/C14H12Br2N2O2/c1-7-2-3-9(12(19)4-7)14(20)18-13-10(15)5-8(17)6-11(13)16/h2-6,19H,17H2,1H3,(H,18,20). The summed E-state index contributed by atoms with van der Waals surface area (Å²) in [6, 6.07) is 8.27. The van der Waals surface area contributed by atoms with E-state index in [0.29, 0.717) is 20.3 Å². The second kappa shape index (κ2) is 5.85. The van der Waals surface area contributed by atoms with Crippen LogP contribution >= 0.6 is 31.9 Å². The predicted molar refractivity (Wildman–Crippen MR) is 87.1 cm³/mol. The Kier molecular flexibility index (Phi) is 4.35. The van der Waals surface area contributed by atoms with Crippen molar-refractivity contribution in [2.75, 3.05) is 11.1 Å². The summed E-state index contributed by atoms with van der Waals surface area (Å²) in [6.07, 6.45) is 0. The van der Waals surface area contributed by atoms with Gasteiger partial charge in [0, 0.05) is 14.6 Å². The Labute approximate surface area is 133 Å². The van der Waals surface area contributed by atoms with Crippen LogP contribution in [-0.4, -0.2) is 11.0 Å². The molecule has 4 N–H and O–H groups in total. The van der Waals surface area contributed by atoms with E-state index in [1.54, 1.807) is 30.3 Å². The van der Waals surface area contributed by atoms with Gasteiger partial charge < -0.3 is 16.2 Å². The number of halogens is 2. The lowest BCUT2D eigenvalue weighted by Crippen LogP contribution is -2.13. The van der Waals surface area contributed by atoms with Gasteiger partial charge in [0.2, 0.25) is 0 Å². The number of phenolic OH excluding ortho intramolecular Hbond substituents is 1. The smallest absolute Gasteiger partial charge is 0.259 e. The van der Waals surface area contributed by atoms with Gasteiger partial charge >= 0.3 is 0 Å². The molecule has 2 aromatic carbocycles. The second-order valence-corrected chi connectivity index (χ2v) is 6.04. The first-order chi connectivity index (χ1) is 9.38. The van der Waals surface area contributed by atoms with Gasteiger partial charge in [0.05, 0.1) is 11.3 Å². The second-order valence-electron chi connectivity index (χ2n) is 4.33. The molecule has 0 fully saturated rings. The molecule has 0 radical (unpaired) electrons. The molecule has 2 rings (SSSR count). The SMILES string of the molecule is Cc1ccc(C(=O)Nc2c(Br)cc(N)cc2Br)c(O)c1. The molecule has 4 nitrogen and oxygen atoms in total. The summed E-state index contributed by atoms with van der Waals surface area (Å²) in [5.74, 6) is -0.445. The highest BCUT2D eigenvalue weighted by Gasteiger charge is 2.15. The highest BCUT2D eigenvalue weighted by molar-refractivity contribution is 9.11. The third-order valence-corrected chi connectivity index (χ3v) is 3.95. The van der Waals surface area contributed by atoms with E-state index in [9.17, 15) is 9.90 Å². The van der Waals surface area contributed by atoms with Gasteiger partial charge in [0.25, 0.3) is 5.91 Å². The molecular weight excluding hydrogens is 388 g/mol. The molecule has 0 aromatic heterocycles. The Balaban J connectivity index is 2.33. The zero-order valence-corrected chi connectivity index (χ0v) is 13.7. The van der Waals surface area contributed by atoms with Gasteiger partial charge in [-0.2, -0.15) is 0 Å². The van der Waals surface area contributed by atoms with Crippen LogP contribution in [0.25, 0.3) is 0 Å². The van der Waals surface area contributed by atoms with Crippen molar-refractivity contribution in [1.29, 1.82) is 0 Å². The Morgan fingerprint density at radius 3 is 2.35 bits per heavy atom. The summed E-state index contributed by atoms with van der Waals surface area (Å²) in [5.41, 5.74) is 7.92. The van der Waals surface area contributed by atoms with Crippen LogP contribution in [0.4, 0.5) is 11.4 Å². The van der Waals surface area contributed by atoms with Crippen LogP contribution in [0.15, 0.2) is 39.3 Å². The third kappa shape index (κ3) is 3.13. The maximum absolute atomic E-state index is 12.2. The average Bonchev–Trinajstić information content (AvgIpc) is 2.33.